The molecule has 170 valence electrons. The number of nitrogens with zero attached hydrogens (tertiary/aromatic N) is 3. The molecule has 2 atom stereocenters. The van der Waals surface area contributed by atoms with Crippen LogP contribution < -0.4 is 4.74 Å². The molecule has 0 unspecified atom stereocenters. The molecule has 0 amide bonds. The largest absolute Gasteiger partial charge is 0.478 e. The Labute approximate surface area is 191 Å². The van der Waals surface area contributed by atoms with Crippen molar-refractivity contribution in [2.45, 2.75) is 38.7 Å². The summed E-state index contributed by atoms with van der Waals surface area (Å²) in [5, 5.41) is 4.43. The van der Waals surface area contributed by atoms with E-state index in [9.17, 15) is 12.8 Å². The lowest BCUT2D eigenvalue weighted by atomic mass is 10.1. The quantitative estimate of drug-likeness (QED) is 0.452. The number of aromatic nitrogens is 2. The van der Waals surface area contributed by atoms with Crippen LogP contribution >= 0.6 is 12.2 Å². The third kappa shape index (κ3) is 5.43. The van der Waals surface area contributed by atoms with Crippen molar-refractivity contribution in [3.05, 3.63) is 76.7 Å². The maximum Gasteiger partial charge on any atom is 0.288 e. The normalized spacial score (nSPS) is 18.7. The van der Waals surface area contributed by atoms with E-state index < -0.39 is 21.8 Å². The molecule has 1 saturated heterocycles. The number of halogens is 1. The van der Waals surface area contributed by atoms with Gasteiger partial charge < -0.3 is 9.15 Å². The van der Waals surface area contributed by atoms with Gasteiger partial charge in [-0.1, -0.05) is 42.5 Å². The number of rotatable bonds is 8. The van der Waals surface area contributed by atoms with E-state index in [4.69, 9.17) is 21.4 Å². The fourth-order valence-electron chi connectivity index (χ4n) is 3.71. The topological polar surface area (TPSA) is 77.6 Å². The summed E-state index contributed by atoms with van der Waals surface area (Å²) in [5.41, 5.74) is 1.06. The predicted molar refractivity (Wildman–Crippen MR) is 120 cm³/mol. The van der Waals surface area contributed by atoms with E-state index >= 15 is 0 Å². The Balaban J connectivity index is 1.54. The Bertz CT molecular complexity index is 1230. The number of ether oxygens (including phenoxy) is 1. The number of sulfone groups is 1. The zero-order valence-corrected chi connectivity index (χ0v) is 19.2. The van der Waals surface area contributed by atoms with Crippen molar-refractivity contribution in [1.29, 1.82) is 0 Å². The summed E-state index contributed by atoms with van der Waals surface area (Å²) in [5.74, 6) is 0.111. The van der Waals surface area contributed by atoms with Gasteiger partial charge >= 0.3 is 0 Å². The molecule has 3 aromatic rings. The first-order chi connectivity index (χ1) is 15.3. The highest BCUT2D eigenvalue weighted by atomic mass is 32.2. The minimum Gasteiger partial charge on any atom is -0.478 e. The van der Waals surface area contributed by atoms with Crippen LogP contribution in [-0.2, 0) is 23.1 Å². The van der Waals surface area contributed by atoms with E-state index in [0.29, 0.717) is 13.0 Å². The van der Waals surface area contributed by atoms with Gasteiger partial charge in [-0.25, -0.2) is 17.5 Å². The summed E-state index contributed by atoms with van der Waals surface area (Å²) in [6.07, 6.45) is -0.107. The maximum atomic E-state index is 13.9. The highest BCUT2D eigenvalue weighted by Gasteiger charge is 2.33. The van der Waals surface area contributed by atoms with Gasteiger partial charge in [0.1, 0.15) is 0 Å². The Morgan fingerprint density at radius 2 is 1.97 bits per heavy atom. The highest BCUT2D eigenvalue weighted by Crippen LogP contribution is 2.25. The van der Waals surface area contributed by atoms with Gasteiger partial charge in [0.2, 0.25) is 0 Å². The Hall–Kier alpha value is -2.56. The summed E-state index contributed by atoms with van der Waals surface area (Å²) < 4.78 is 50.8. The first-order valence-electron chi connectivity index (χ1n) is 10.3. The molecule has 0 N–H and O–H groups in total. The molecule has 2 aromatic carbocycles. The van der Waals surface area contributed by atoms with Crippen molar-refractivity contribution in [3.8, 4) is 5.75 Å². The third-order valence-electron chi connectivity index (χ3n) is 5.38. The van der Waals surface area contributed by atoms with Crippen molar-refractivity contribution in [2.75, 3.05) is 11.5 Å². The smallest absolute Gasteiger partial charge is 0.288 e. The van der Waals surface area contributed by atoms with Crippen LogP contribution in [0.3, 0.4) is 0 Å². The fourth-order valence-corrected chi connectivity index (χ4v) is 5.65. The van der Waals surface area contributed by atoms with Crippen LogP contribution in [0.5, 0.6) is 5.75 Å². The number of hydrogen-bond donors (Lipinski definition) is 0. The lowest BCUT2D eigenvalue weighted by Gasteiger charge is -2.27. The molecular formula is C22H24FN3O4S2. The van der Waals surface area contributed by atoms with Gasteiger partial charge in [0.25, 0.3) is 10.7 Å². The third-order valence-corrected chi connectivity index (χ3v) is 7.42. The summed E-state index contributed by atoms with van der Waals surface area (Å²) in [6.45, 7) is 2.51. The van der Waals surface area contributed by atoms with Gasteiger partial charge in [0, 0.05) is 12.6 Å². The Kier molecular flexibility index (Phi) is 6.73. The molecule has 32 heavy (non-hydrogen) atoms. The number of benzene rings is 2. The van der Waals surface area contributed by atoms with E-state index in [1.807, 2.05) is 35.2 Å². The standard InChI is InChI=1S/C22H24FN3O4S2/c1-16(29-20-10-6-5-9-19(20)23)21-24-26(22(31)30-21)15-25(13-17-7-3-2-4-8-17)18-11-12-32(27,28)14-18/h2-10,16,18H,11-15H2,1H3/t16-,18-/m0/s1. The van der Waals surface area contributed by atoms with Gasteiger partial charge in [0.05, 0.1) is 18.2 Å². The Morgan fingerprint density at radius 1 is 1.25 bits per heavy atom. The second-order valence-electron chi connectivity index (χ2n) is 7.83. The monoisotopic (exact) mass is 477 g/mol. The summed E-state index contributed by atoms with van der Waals surface area (Å²) in [4.78, 5) is 2.19. The fraction of sp³-hybridized carbons (Fsp3) is 0.364. The van der Waals surface area contributed by atoms with Crippen LogP contribution in [0.15, 0.2) is 59.0 Å². The van der Waals surface area contributed by atoms with E-state index in [1.165, 1.54) is 16.8 Å². The molecule has 1 aliphatic heterocycles. The first-order valence-corrected chi connectivity index (χ1v) is 12.5. The zero-order chi connectivity index (χ0) is 22.7. The van der Waals surface area contributed by atoms with Crippen LogP contribution in [0.25, 0.3) is 0 Å². The molecule has 1 aliphatic rings. The van der Waals surface area contributed by atoms with Gasteiger partial charge in [-0.15, -0.1) is 5.10 Å². The minimum absolute atomic E-state index is 0.0949. The van der Waals surface area contributed by atoms with Crippen molar-refractivity contribution < 1.29 is 22.0 Å². The average molecular weight is 478 g/mol. The Morgan fingerprint density at radius 3 is 2.66 bits per heavy atom. The molecule has 0 saturated carbocycles. The molecule has 0 radical (unpaired) electrons. The molecule has 7 nitrogen and oxygen atoms in total. The molecule has 1 fully saturated rings. The van der Waals surface area contributed by atoms with Crippen LogP contribution in [0.2, 0.25) is 0 Å². The van der Waals surface area contributed by atoms with Crippen LogP contribution in [0.4, 0.5) is 4.39 Å². The van der Waals surface area contributed by atoms with Crippen molar-refractivity contribution >= 4 is 22.1 Å². The summed E-state index contributed by atoms with van der Waals surface area (Å²) in [6, 6.07) is 15.8. The first kappa shape index (κ1) is 22.6. The van der Waals surface area contributed by atoms with Gasteiger partial charge in [-0.3, -0.25) is 4.90 Å². The molecule has 1 aromatic heterocycles. The van der Waals surface area contributed by atoms with Crippen LogP contribution in [0.1, 0.15) is 30.9 Å². The van der Waals surface area contributed by atoms with Crippen molar-refractivity contribution in [3.63, 3.8) is 0 Å². The number of hydrogen-bond acceptors (Lipinski definition) is 7. The van der Waals surface area contributed by atoms with Gasteiger partial charge in [-0.2, -0.15) is 0 Å². The van der Waals surface area contributed by atoms with Crippen molar-refractivity contribution in [1.82, 2.24) is 14.7 Å². The van der Waals surface area contributed by atoms with E-state index in [1.54, 1.807) is 19.1 Å². The average Bonchev–Trinajstić information content (AvgIpc) is 3.32. The maximum absolute atomic E-state index is 13.9. The second-order valence-corrected chi connectivity index (χ2v) is 10.4. The molecule has 0 bridgehead atoms. The lowest BCUT2D eigenvalue weighted by Crippen LogP contribution is -2.37. The van der Waals surface area contributed by atoms with Crippen LogP contribution in [-0.4, -0.2) is 40.6 Å². The van der Waals surface area contributed by atoms with Gasteiger partial charge in [-0.05, 0) is 43.3 Å². The number of para-hydroxylation sites is 1. The van der Waals surface area contributed by atoms with E-state index in [2.05, 4.69) is 5.10 Å². The molecule has 10 heteroatoms. The second kappa shape index (κ2) is 9.51. The molecule has 4 rings (SSSR count). The SMILES string of the molecule is C[C@H](Oc1ccccc1F)c1nn(CN(Cc2ccccc2)[C@H]2CCS(=O)(=O)C2)c(=S)o1. The predicted octanol–water partition coefficient (Wildman–Crippen LogP) is 4.13. The molecule has 0 aliphatic carbocycles. The zero-order valence-electron chi connectivity index (χ0n) is 17.6. The summed E-state index contributed by atoms with van der Waals surface area (Å²) >= 11 is 5.34. The van der Waals surface area contributed by atoms with Crippen LogP contribution in [0, 0.1) is 10.7 Å². The van der Waals surface area contributed by atoms with E-state index in [-0.39, 0.29) is 40.7 Å². The lowest BCUT2D eigenvalue weighted by molar-refractivity contribution is 0.144. The molecule has 0 spiro atoms. The highest BCUT2D eigenvalue weighted by molar-refractivity contribution is 7.91. The molecular weight excluding hydrogens is 453 g/mol. The summed E-state index contributed by atoms with van der Waals surface area (Å²) in [7, 11) is -3.06. The van der Waals surface area contributed by atoms with E-state index in [0.717, 1.165) is 5.56 Å². The van der Waals surface area contributed by atoms with Gasteiger partial charge in [0.15, 0.2) is 27.5 Å². The molecule has 2 heterocycles. The van der Waals surface area contributed by atoms with Crippen molar-refractivity contribution in [2.24, 2.45) is 0 Å². The minimum atomic E-state index is -3.06.